The van der Waals surface area contributed by atoms with Crippen molar-refractivity contribution < 1.29 is 4.79 Å². The van der Waals surface area contributed by atoms with E-state index in [4.69, 9.17) is 11.6 Å². The maximum atomic E-state index is 13.2. The van der Waals surface area contributed by atoms with Crippen LogP contribution in [0.2, 0.25) is 5.02 Å². The van der Waals surface area contributed by atoms with Gasteiger partial charge in [0.2, 0.25) is 0 Å². The second-order valence-corrected chi connectivity index (χ2v) is 7.95. The van der Waals surface area contributed by atoms with Gasteiger partial charge in [-0.1, -0.05) is 61.8 Å². The number of benzene rings is 2. The van der Waals surface area contributed by atoms with Gasteiger partial charge in [-0.25, -0.2) is 4.79 Å². The topological polar surface area (TPSA) is 37.3 Å². The number of amides is 2. The van der Waals surface area contributed by atoms with Crippen LogP contribution in [0, 0.1) is 0 Å². The van der Waals surface area contributed by atoms with Crippen LogP contribution < -0.4 is 5.32 Å². The number of carbonyl (C=O) groups is 1. The summed E-state index contributed by atoms with van der Waals surface area (Å²) in [6.07, 6.45) is 3.80. The summed E-state index contributed by atoms with van der Waals surface area (Å²) in [5.74, 6) is 0. The summed E-state index contributed by atoms with van der Waals surface area (Å²) in [6.45, 7) is 7.50. The molecule has 0 saturated carbocycles. The summed E-state index contributed by atoms with van der Waals surface area (Å²) in [4.78, 5) is 15.1. The molecule has 4 nitrogen and oxygen atoms in total. The third kappa shape index (κ3) is 5.25. The summed E-state index contributed by atoms with van der Waals surface area (Å²) in [6, 6.07) is 20.0. The number of para-hydroxylation sites is 1. The van der Waals surface area contributed by atoms with Crippen LogP contribution in [0.4, 0.5) is 10.5 Å². The van der Waals surface area contributed by atoms with Crippen molar-refractivity contribution in [1.82, 2.24) is 9.47 Å². The average molecular weight is 424 g/mol. The van der Waals surface area contributed by atoms with Crippen LogP contribution in [-0.2, 0) is 19.5 Å². The first-order chi connectivity index (χ1) is 14.5. The van der Waals surface area contributed by atoms with Crippen molar-refractivity contribution in [2.75, 3.05) is 5.32 Å². The maximum absolute atomic E-state index is 13.2. The third-order valence-corrected chi connectivity index (χ3v) is 5.95. The molecule has 2 aromatic carbocycles. The van der Waals surface area contributed by atoms with Gasteiger partial charge in [0.1, 0.15) is 0 Å². The molecule has 30 heavy (non-hydrogen) atoms. The van der Waals surface area contributed by atoms with E-state index in [1.165, 1.54) is 0 Å². The number of halogens is 1. The van der Waals surface area contributed by atoms with E-state index < -0.39 is 0 Å². The molecule has 5 heteroatoms. The number of aromatic nitrogens is 1. The van der Waals surface area contributed by atoms with E-state index in [-0.39, 0.29) is 12.1 Å². The van der Waals surface area contributed by atoms with Crippen molar-refractivity contribution in [3.63, 3.8) is 0 Å². The lowest BCUT2D eigenvalue weighted by Crippen LogP contribution is -2.41. The first kappa shape index (κ1) is 22.0. The van der Waals surface area contributed by atoms with Crippen LogP contribution in [0.1, 0.15) is 44.0 Å². The van der Waals surface area contributed by atoms with Gasteiger partial charge in [-0.2, -0.15) is 0 Å². The number of hydrogen-bond acceptors (Lipinski definition) is 1. The SMILES string of the molecule is CCc1ccccc1NC(=O)N(Cc1cccn1Cc1ccccc1Cl)C(C)CC. The minimum Gasteiger partial charge on any atom is -0.345 e. The highest BCUT2D eigenvalue weighted by Crippen LogP contribution is 2.21. The van der Waals surface area contributed by atoms with Gasteiger partial charge in [0.25, 0.3) is 0 Å². The fourth-order valence-electron chi connectivity index (χ4n) is 3.52. The van der Waals surface area contributed by atoms with Crippen LogP contribution >= 0.6 is 11.6 Å². The molecule has 1 aromatic heterocycles. The monoisotopic (exact) mass is 423 g/mol. The van der Waals surface area contributed by atoms with Gasteiger partial charge < -0.3 is 14.8 Å². The van der Waals surface area contributed by atoms with Gasteiger partial charge in [-0.15, -0.1) is 0 Å². The van der Waals surface area contributed by atoms with Crippen molar-refractivity contribution >= 4 is 23.3 Å². The Morgan fingerprint density at radius 3 is 2.43 bits per heavy atom. The third-order valence-electron chi connectivity index (χ3n) is 5.58. The molecule has 0 aliphatic rings. The van der Waals surface area contributed by atoms with E-state index >= 15 is 0 Å². The first-order valence-electron chi connectivity index (χ1n) is 10.6. The fraction of sp³-hybridized carbons (Fsp3) is 0.320. The van der Waals surface area contributed by atoms with Crippen LogP contribution in [0.15, 0.2) is 66.9 Å². The normalized spacial score (nSPS) is 11.9. The predicted octanol–water partition coefficient (Wildman–Crippen LogP) is 6.58. The number of aryl methyl sites for hydroxylation is 1. The van der Waals surface area contributed by atoms with Crippen molar-refractivity contribution in [1.29, 1.82) is 0 Å². The van der Waals surface area contributed by atoms with Gasteiger partial charge in [0, 0.05) is 35.2 Å². The fourth-order valence-corrected chi connectivity index (χ4v) is 3.71. The molecular formula is C25H30ClN3O. The van der Waals surface area contributed by atoms with Crippen LogP contribution in [0.3, 0.4) is 0 Å². The Labute approximate surface area is 184 Å². The Morgan fingerprint density at radius 2 is 1.73 bits per heavy atom. The molecule has 1 unspecified atom stereocenters. The molecule has 158 valence electrons. The van der Waals surface area contributed by atoms with Gasteiger partial charge >= 0.3 is 6.03 Å². The number of urea groups is 1. The van der Waals surface area contributed by atoms with Gasteiger partial charge in [0.05, 0.1) is 6.54 Å². The van der Waals surface area contributed by atoms with Crippen molar-refractivity contribution in [3.8, 4) is 0 Å². The molecule has 3 rings (SSSR count). The Bertz CT molecular complexity index is 982. The Hall–Kier alpha value is -2.72. The molecule has 0 fully saturated rings. The second-order valence-electron chi connectivity index (χ2n) is 7.54. The quantitative estimate of drug-likeness (QED) is 0.436. The van der Waals surface area contributed by atoms with E-state index in [0.29, 0.717) is 13.1 Å². The molecular weight excluding hydrogens is 394 g/mol. The maximum Gasteiger partial charge on any atom is 0.322 e. The highest BCUT2D eigenvalue weighted by Gasteiger charge is 2.21. The summed E-state index contributed by atoms with van der Waals surface area (Å²) >= 11 is 6.35. The number of hydrogen-bond donors (Lipinski definition) is 1. The Morgan fingerprint density at radius 1 is 1.03 bits per heavy atom. The predicted molar refractivity (Wildman–Crippen MR) is 125 cm³/mol. The zero-order chi connectivity index (χ0) is 21.5. The van der Waals surface area contributed by atoms with E-state index in [1.54, 1.807) is 0 Å². The van der Waals surface area contributed by atoms with E-state index in [9.17, 15) is 4.79 Å². The standard InChI is InChI=1S/C25H30ClN3O/c1-4-19(3)29(25(30)27-24-15-9-7-11-20(24)5-2)18-22-13-10-16-28(22)17-21-12-6-8-14-23(21)26/h6-16,19H,4-5,17-18H2,1-3H3,(H,27,30). The minimum absolute atomic E-state index is 0.0734. The summed E-state index contributed by atoms with van der Waals surface area (Å²) < 4.78 is 2.16. The van der Waals surface area contributed by atoms with E-state index in [0.717, 1.165) is 40.4 Å². The molecule has 0 spiro atoms. The number of anilines is 1. The molecule has 1 atom stereocenters. The van der Waals surface area contributed by atoms with Crippen molar-refractivity contribution in [2.24, 2.45) is 0 Å². The Kier molecular flexibility index (Phi) is 7.58. The van der Waals surface area contributed by atoms with Gasteiger partial charge in [-0.3, -0.25) is 0 Å². The van der Waals surface area contributed by atoms with Crippen LogP contribution in [0.5, 0.6) is 0 Å². The molecule has 0 aliphatic carbocycles. The summed E-state index contributed by atoms with van der Waals surface area (Å²) in [7, 11) is 0. The lowest BCUT2D eigenvalue weighted by atomic mass is 10.1. The van der Waals surface area contributed by atoms with Crippen LogP contribution in [-0.4, -0.2) is 21.5 Å². The molecule has 0 saturated heterocycles. The number of nitrogens with one attached hydrogen (secondary N) is 1. The second kappa shape index (κ2) is 10.4. The zero-order valence-electron chi connectivity index (χ0n) is 17.9. The smallest absolute Gasteiger partial charge is 0.322 e. The lowest BCUT2D eigenvalue weighted by Gasteiger charge is -2.29. The molecule has 2 amide bonds. The average Bonchev–Trinajstić information content (AvgIpc) is 3.20. The van der Waals surface area contributed by atoms with E-state index in [2.05, 4.69) is 42.8 Å². The molecule has 3 aromatic rings. The van der Waals surface area contributed by atoms with E-state index in [1.807, 2.05) is 59.6 Å². The van der Waals surface area contributed by atoms with Crippen molar-refractivity contribution in [2.45, 2.75) is 52.7 Å². The van der Waals surface area contributed by atoms with Gasteiger partial charge in [-0.05, 0) is 55.2 Å². The lowest BCUT2D eigenvalue weighted by molar-refractivity contribution is 0.185. The summed E-state index contributed by atoms with van der Waals surface area (Å²) in [5.41, 5.74) is 4.16. The molecule has 1 heterocycles. The number of nitrogens with zero attached hydrogens (tertiary/aromatic N) is 2. The molecule has 0 bridgehead atoms. The summed E-state index contributed by atoms with van der Waals surface area (Å²) in [5, 5.41) is 3.88. The number of carbonyl (C=O) groups excluding carboxylic acids is 1. The first-order valence-corrected chi connectivity index (χ1v) is 10.9. The zero-order valence-corrected chi connectivity index (χ0v) is 18.7. The number of rotatable bonds is 8. The molecule has 0 aliphatic heterocycles. The highest BCUT2D eigenvalue weighted by molar-refractivity contribution is 6.31. The van der Waals surface area contributed by atoms with Crippen molar-refractivity contribution in [3.05, 3.63) is 88.7 Å². The minimum atomic E-state index is -0.0734. The largest absolute Gasteiger partial charge is 0.345 e. The highest BCUT2D eigenvalue weighted by atomic mass is 35.5. The molecule has 1 N–H and O–H groups in total. The van der Waals surface area contributed by atoms with Crippen LogP contribution in [0.25, 0.3) is 0 Å². The Balaban J connectivity index is 1.80. The van der Waals surface area contributed by atoms with Gasteiger partial charge in [0.15, 0.2) is 0 Å². The molecule has 0 radical (unpaired) electrons.